The molecule has 1 aliphatic heterocycles. The summed E-state index contributed by atoms with van der Waals surface area (Å²) in [5, 5.41) is 0. The fourth-order valence-electron chi connectivity index (χ4n) is 4.00. The first kappa shape index (κ1) is 24.3. The van der Waals surface area contributed by atoms with Crippen molar-refractivity contribution in [1.82, 2.24) is 4.72 Å². The van der Waals surface area contributed by atoms with E-state index in [0.717, 1.165) is 10.0 Å². The van der Waals surface area contributed by atoms with Crippen molar-refractivity contribution in [3.8, 4) is 0 Å². The van der Waals surface area contributed by atoms with E-state index >= 15 is 0 Å². The van der Waals surface area contributed by atoms with Crippen LogP contribution < -0.4 is 4.72 Å². The molecule has 6 nitrogen and oxygen atoms in total. The van der Waals surface area contributed by atoms with E-state index in [1.165, 1.54) is 0 Å². The number of nitrogens with one attached hydrogen (secondary N) is 1. The van der Waals surface area contributed by atoms with Gasteiger partial charge in [-0.3, -0.25) is 0 Å². The Kier molecular flexibility index (Phi) is 6.75. The average Bonchev–Trinajstić information content (AvgIpc) is 3.17. The molecule has 0 aliphatic carbocycles. The molecule has 34 heavy (non-hydrogen) atoms. The van der Waals surface area contributed by atoms with Crippen LogP contribution in [0.2, 0.25) is 0 Å². The van der Waals surface area contributed by atoms with Crippen molar-refractivity contribution in [2.45, 2.75) is 37.2 Å². The lowest BCUT2D eigenvalue weighted by Crippen LogP contribution is -2.52. The Hall–Kier alpha value is -2.81. The second-order valence-electron chi connectivity index (χ2n) is 8.57. The van der Waals surface area contributed by atoms with Gasteiger partial charge < -0.3 is 4.74 Å². The van der Waals surface area contributed by atoms with Gasteiger partial charge in [0.2, 0.25) is 15.9 Å². The van der Waals surface area contributed by atoms with Crippen LogP contribution >= 0.6 is 15.9 Å². The molecule has 0 spiro atoms. The Balaban J connectivity index is 1.87. The van der Waals surface area contributed by atoms with Crippen LogP contribution in [0.25, 0.3) is 0 Å². The zero-order valence-electron chi connectivity index (χ0n) is 19.0. The molecule has 0 bridgehead atoms. The highest BCUT2D eigenvalue weighted by molar-refractivity contribution is 9.10. The monoisotopic (exact) mass is 540 g/mol. The van der Waals surface area contributed by atoms with E-state index in [-0.39, 0.29) is 16.7 Å². The number of halogens is 1. The molecule has 0 unspecified atom stereocenters. The van der Waals surface area contributed by atoms with Crippen molar-refractivity contribution in [2.75, 3.05) is 0 Å². The molecule has 0 saturated heterocycles. The minimum atomic E-state index is -3.99. The van der Waals surface area contributed by atoms with Gasteiger partial charge in [0, 0.05) is 10.0 Å². The van der Waals surface area contributed by atoms with Gasteiger partial charge in [-0.2, -0.15) is 0 Å². The van der Waals surface area contributed by atoms with Crippen molar-refractivity contribution in [3.05, 3.63) is 100 Å². The summed E-state index contributed by atoms with van der Waals surface area (Å²) in [7, 11) is -3.99. The van der Waals surface area contributed by atoms with Crippen LogP contribution in [0.5, 0.6) is 0 Å². The molecule has 0 aromatic heterocycles. The summed E-state index contributed by atoms with van der Waals surface area (Å²) in [6, 6.07) is 21.8. The molecular formula is C26H25BrN2O4S. The van der Waals surface area contributed by atoms with Gasteiger partial charge >= 0.3 is 5.97 Å². The van der Waals surface area contributed by atoms with E-state index in [1.54, 1.807) is 60.7 Å². The number of rotatable bonds is 7. The summed E-state index contributed by atoms with van der Waals surface area (Å²) in [6.45, 7) is 5.56. The number of aliphatic imine (C=N–C) groups is 1. The maximum Gasteiger partial charge on any atom is 0.343 e. The van der Waals surface area contributed by atoms with Crippen LogP contribution in [0.1, 0.15) is 36.6 Å². The quantitative estimate of drug-likeness (QED) is 0.418. The Labute approximate surface area is 208 Å². The number of ether oxygens (including phenoxy) is 1. The van der Waals surface area contributed by atoms with Gasteiger partial charge in [-0.05, 0) is 54.8 Å². The molecule has 0 radical (unpaired) electrons. The molecule has 2 atom stereocenters. The third kappa shape index (κ3) is 4.58. The predicted molar refractivity (Wildman–Crippen MR) is 135 cm³/mol. The van der Waals surface area contributed by atoms with Crippen LogP contribution in [-0.2, 0) is 19.6 Å². The van der Waals surface area contributed by atoms with Crippen LogP contribution in [0, 0.1) is 12.8 Å². The standard InChI is InChI=1S/C26H25BrN2O4S/c1-17(2)26(25(30)33-24(28-26)20-7-5-4-6-8-20)23(19-11-13-21(27)14-12-19)29-34(31,32)22-15-9-18(3)10-16-22/h4-17,23,29H,1-3H3/t23-,26+/m0/s1. The summed E-state index contributed by atoms with van der Waals surface area (Å²) >= 11 is 3.42. The molecule has 3 aromatic rings. The molecule has 0 amide bonds. The SMILES string of the molecule is Cc1ccc(S(=O)(=O)N[C@@H](c2ccc(Br)cc2)[C@@]2(C(C)C)N=C(c3ccccc3)OC2=O)cc1. The van der Waals surface area contributed by atoms with Gasteiger partial charge in [-0.1, -0.05) is 77.8 Å². The Morgan fingerprint density at radius 1 is 0.941 bits per heavy atom. The molecule has 4 rings (SSSR count). The molecule has 0 fully saturated rings. The highest BCUT2D eigenvalue weighted by Crippen LogP contribution is 2.42. The van der Waals surface area contributed by atoms with Gasteiger partial charge in [0.1, 0.15) is 0 Å². The summed E-state index contributed by atoms with van der Waals surface area (Å²) < 4.78 is 36.2. The molecule has 1 N–H and O–H groups in total. The van der Waals surface area contributed by atoms with Crippen molar-refractivity contribution >= 4 is 37.8 Å². The summed E-state index contributed by atoms with van der Waals surface area (Å²) in [6.07, 6.45) is 0. The zero-order valence-corrected chi connectivity index (χ0v) is 21.4. The van der Waals surface area contributed by atoms with Crippen LogP contribution in [0.4, 0.5) is 0 Å². The fraction of sp³-hybridized carbons (Fsp3) is 0.231. The van der Waals surface area contributed by atoms with Gasteiger partial charge in [-0.15, -0.1) is 0 Å². The average molecular weight is 541 g/mol. The van der Waals surface area contributed by atoms with Crippen LogP contribution in [0.3, 0.4) is 0 Å². The zero-order chi connectivity index (χ0) is 24.5. The number of carbonyl (C=O) groups is 1. The van der Waals surface area contributed by atoms with E-state index in [4.69, 9.17) is 9.73 Å². The van der Waals surface area contributed by atoms with Crippen molar-refractivity contribution < 1.29 is 17.9 Å². The molecule has 176 valence electrons. The third-order valence-electron chi connectivity index (χ3n) is 5.95. The minimum Gasteiger partial charge on any atom is -0.405 e. The molecule has 3 aromatic carbocycles. The number of hydrogen-bond donors (Lipinski definition) is 1. The number of cyclic esters (lactones) is 1. The Morgan fingerprint density at radius 2 is 1.56 bits per heavy atom. The lowest BCUT2D eigenvalue weighted by molar-refractivity contribution is -0.141. The van der Waals surface area contributed by atoms with Crippen molar-refractivity contribution in [1.29, 1.82) is 0 Å². The number of nitrogens with zero attached hydrogens (tertiary/aromatic N) is 1. The second kappa shape index (κ2) is 9.44. The van der Waals surface area contributed by atoms with Crippen LogP contribution in [-0.4, -0.2) is 25.8 Å². The number of hydrogen-bond acceptors (Lipinski definition) is 5. The fourth-order valence-corrected chi connectivity index (χ4v) is 5.52. The van der Waals surface area contributed by atoms with E-state index in [9.17, 15) is 13.2 Å². The third-order valence-corrected chi connectivity index (χ3v) is 7.92. The summed E-state index contributed by atoms with van der Waals surface area (Å²) in [5.74, 6) is -0.799. The minimum absolute atomic E-state index is 0.109. The van der Waals surface area contributed by atoms with E-state index in [1.807, 2.05) is 39.0 Å². The lowest BCUT2D eigenvalue weighted by Gasteiger charge is -2.35. The van der Waals surface area contributed by atoms with E-state index in [2.05, 4.69) is 20.7 Å². The normalized spacial score (nSPS) is 19.1. The summed E-state index contributed by atoms with van der Waals surface area (Å²) in [4.78, 5) is 18.4. The molecule has 1 heterocycles. The van der Waals surface area contributed by atoms with Gasteiger partial charge in [0.15, 0.2) is 5.54 Å². The highest BCUT2D eigenvalue weighted by Gasteiger charge is 2.56. The van der Waals surface area contributed by atoms with E-state index in [0.29, 0.717) is 11.1 Å². The number of carbonyl (C=O) groups excluding carboxylic acids is 1. The Morgan fingerprint density at radius 3 is 2.15 bits per heavy atom. The summed E-state index contributed by atoms with van der Waals surface area (Å²) in [5.41, 5.74) is 0.687. The molecule has 8 heteroatoms. The first-order chi connectivity index (χ1) is 16.1. The first-order valence-electron chi connectivity index (χ1n) is 10.9. The van der Waals surface area contributed by atoms with Crippen molar-refractivity contribution in [3.63, 3.8) is 0 Å². The smallest absolute Gasteiger partial charge is 0.343 e. The van der Waals surface area contributed by atoms with Gasteiger partial charge in [-0.25, -0.2) is 22.9 Å². The lowest BCUT2D eigenvalue weighted by atomic mass is 9.78. The van der Waals surface area contributed by atoms with Gasteiger partial charge in [0.05, 0.1) is 10.9 Å². The number of esters is 1. The maximum atomic E-state index is 13.5. The molecule has 0 saturated carbocycles. The number of benzene rings is 3. The number of sulfonamides is 1. The first-order valence-corrected chi connectivity index (χ1v) is 13.1. The Bertz CT molecular complexity index is 1320. The number of aryl methyl sites for hydroxylation is 1. The van der Waals surface area contributed by atoms with Crippen molar-refractivity contribution in [2.24, 2.45) is 10.9 Å². The van der Waals surface area contributed by atoms with Gasteiger partial charge in [0.25, 0.3) is 0 Å². The van der Waals surface area contributed by atoms with E-state index < -0.39 is 27.6 Å². The maximum absolute atomic E-state index is 13.5. The molecule has 1 aliphatic rings. The van der Waals surface area contributed by atoms with Crippen LogP contribution in [0.15, 0.2) is 93.2 Å². The predicted octanol–water partition coefficient (Wildman–Crippen LogP) is 5.18. The second-order valence-corrected chi connectivity index (χ2v) is 11.2. The highest BCUT2D eigenvalue weighted by atomic mass is 79.9. The largest absolute Gasteiger partial charge is 0.405 e. The molecular weight excluding hydrogens is 516 g/mol. The topological polar surface area (TPSA) is 84.8 Å².